The Balaban J connectivity index is 2.05. The molecular formula is C18H16BrN3O2. The van der Waals surface area contributed by atoms with Crippen LogP contribution in [0.2, 0.25) is 0 Å². The minimum atomic E-state index is 0.393. The summed E-state index contributed by atoms with van der Waals surface area (Å²) < 4.78 is 12.0. The van der Waals surface area contributed by atoms with Crippen LogP contribution in [0.15, 0.2) is 59.9 Å². The fourth-order valence-electron chi connectivity index (χ4n) is 2.29. The van der Waals surface area contributed by atoms with Crippen molar-refractivity contribution in [3.63, 3.8) is 0 Å². The van der Waals surface area contributed by atoms with Gasteiger partial charge in [0, 0.05) is 21.6 Å². The van der Waals surface area contributed by atoms with E-state index in [1.54, 1.807) is 13.2 Å². The predicted octanol–water partition coefficient (Wildman–Crippen LogP) is 4.71. The van der Waals surface area contributed by atoms with Crippen LogP contribution in [0, 0.1) is 0 Å². The van der Waals surface area contributed by atoms with Gasteiger partial charge in [0.15, 0.2) is 11.5 Å². The number of hydrogen-bond acceptors (Lipinski definition) is 5. The van der Waals surface area contributed by atoms with Crippen LogP contribution in [0.3, 0.4) is 0 Å². The number of rotatable bonds is 6. The second-order valence-electron chi connectivity index (χ2n) is 4.98. The van der Waals surface area contributed by atoms with E-state index in [1.807, 2.05) is 36.4 Å². The van der Waals surface area contributed by atoms with Crippen molar-refractivity contribution < 1.29 is 9.47 Å². The molecule has 24 heavy (non-hydrogen) atoms. The average molecular weight is 386 g/mol. The number of halogens is 1. The molecule has 0 aliphatic rings. The topological polar surface area (TPSA) is 56.3 Å². The SMILES string of the molecule is C=CCOc1cc2c(Nc3cccc(Br)c3)ncnc2cc1OC. The Kier molecular flexibility index (Phi) is 4.96. The van der Waals surface area contributed by atoms with Crippen LogP contribution in [0.4, 0.5) is 11.5 Å². The highest BCUT2D eigenvalue weighted by Crippen LogP contribution is 2.34. The first-order chi connectivity index (χ1) is 11.7. The third kappa shape index (κ3) is 3.49. The first-order valence-electron chi connectivity index (χ1n) is 7.30. The van der Waals surface area contributed by atoms with Crippen LogP contribution >= 0.6 is 15.9 Å². The van der Waals surface area contributed by atoms with Gasteiger partial charge in [-0.15, -0.1) is 0 Å². The molecule has 2 aromatic carbocycles. The second kappa shape index (κ2) is 7.31. The van der Waals surface area contributed by atoms with Gasteiger partial charge >= 0.3 is 0 Å². The Hall–Kier alpha value is -2.60. The van der Waals surface area contributed by atoms with Gasteiger partial charge in [0.2, 0.25) is 0 Å². The van der Waals surface area contributed by atoms with E-state index < -0.39 is 0 Å². The van der Waals surface area contributed by atoms with Crippen molar-refractivity contribution in [1.29, 1.82) is 0 Å². The summed E-state index contributed by atoms with van der Waals surface area (Å²) >= 11 is 3.47. The van der Waals surface area contributed by atoms with E-state index in [0.29, 0.717) is 23.9 Å². The van der Waals surface area contributed by atoms with Crippen LogP contribution < -0.4 is 14.8 Å². The quantitative estimate of drug-likeness (QED) is 0.622. The monoisotopic (exact) mass is 385 g/mol. The van der Waals surface area contributed by atoms with E-state index in [0.717, 1.165) is 21.1 Å². The fraction of sp³-hybridized carbons (Fsp3) is 0.111. The van der Waals surface area contributed by atoms with Gasteiger partial charge in [-0.25, -0.2) is 9.97 Å². The zero-order chi connectivity index (χ0) is 16.9. The normalized spacial score (nSPS) is 10.4. The van der Waals surface area contributed by atoms with Crippen LogP contribution in [0.5, 0.6) is 11.5 Å². The molecule has 0 amide bonds. The minimum absolute atomic E-state index is 0.393. The van der Waals surface area contributed by atoms with Crippen molar-refractivity contribution in [3.05, 3.63) is 59.9 Å². The first kappa shape index (κ1) is 16.3. The molecule has 0 spiro atoms. The molecule has 5 nitrogen and oxygen atoms in total. The van der Waals surface area contributed by atoms with Crippen molar-refractivity contribution >= 4 is 38.3 Å². The Morgan fingerprint density at radius 2 is 2.08 bits per heavy atom. The molecule has 1 aromatic heterocycles. The van der Waals surface area contributed by atoms with Gasteiger partial charge in [-0.2, -0.15) is 0 Å². The third-order valence-corrected chi connectivity index (χ3v) is 3.86. The number of nitrogens with one attached hydrogen (secondary N) is 1. The molecule has 0 bridgehead atoms. The van der Waals surface area contributed by atoms with Gasteiger partial charge < -0.3 is 14.8 Å². The summed E-state index contributed by atoms with van der Waals surface area (Å²) in [5.41, 5.74) is 1.69. The highest BCUT2D eigenvalue weighted by Gasteiger charge is 2.11. The molecule has 0 saturated heterocycles. The van der Waals surface area contributed by atoms with Crippen molar-refractivity contribution in [2.75, 3.05) is 19.0 Å². The summed E-state index contributed by atoms with van der Waals surface area (Å²) in [6.07, 6.45) is 3.21. The standard InChI is InChI=1S/C18H16BrN3O2/c1-3-7-24-17-9-14-15(10-16(17)23-2)20-11-21-18(14)22-13-6-4-5-12(19)8-13/h3-6,8-11H,1,7H2,2H3,(H,20,21,22). The minimum Gasteiger partial charge on any atom is -0.493 e. The van der Waals surface area contributed by atoms with Crippen molar-refractivity contribution in [1.82, 2.24) is 9.97 Å². The lowest BCUT2D eigenvalue weighted by molar-refractivity contribution is 0.327. The third-order valence-electron chi connectivity index (χ3n) is 3.36. The average Bonchev–Trinajstić information content (AvgIpc) is 2.59. The molecule has 3 rings (SSSR count). The highest BCUT2D eigenvalue weighted by molar-refractivity contribution is 9.10. The van der Waals surface area contributed by atoms with Crippen LogP contribution in [0.25, 0.3) is 10.9 Å². The maximum Gasteiger partial charge on any atom is 0.162 e. The summed E-state index contributed by atoms with van der Waals surface area (Å²) in [5.74, 6) is 1.94. The summed E-state index contributed by atoms with van der Waals surface area (Å²) in [5, 5.41) is 4.16. The Labute approximate surface area is 148 Å². The number of fused-ring (bicyclic) bond motifs is 1. The molecule has 122 valence electrons. The van der Waals surface area contributed by atoms with Crippen LogP contribution in [-0.4, -0.2) is 23.7 Å². The first-order valence-corrected chi connectivity index (χ1v) is 8.09. The fourth-order valence-corrected chi connectivity index (χ4v) is 2.69. The van der Waals surface area contributed by atoms with E-state index in [9.17, 15) is 0 Å². The molecule has 0 aliphatic heterocycles. The molecule has 0 aliphatic carbocycles. The number of ether oxygens (including phenoxy) is 2. The highest BCUT2D eigenvalue weighted by atomic mass is 79.9. The van der Waals surface area contributed by atoms with Gasteiger partial charge in [0.25, 0.3) is 0 Å². The van der Waals surface area contributed by atoms with Gasteiger partial charge in [-0.3, -0.25) is 0 Å². The maximum absolute atomic E-state index is 5.68. The molecule has 3 aromatic rings. The molecule has 1 N–H and O–H groups in total. The number of hydrogen-bond donors (Lipinski definition) is 1. The number of aromatic nitrogens is 2. The molecule has 0 atom stereocenters. The van der Waals surface area contributed by atoms with Crippen LogP contribution in [-0.2, 0) is 0 Å². The summed E-state index contributed by atoms with van der Waals surface area (Å²) in [4.78, 5) is 8.67. The predicted molar refractivity (Wildman–Crippen MR) is 99.2 cm³/mol. The van der Waals surface area contributed by atoms with E-state index in [-0.39, 0.29) is 0 Å². The smallest absolute Gasteiger partial charge is 0.162 e. The molecule has 1 heterocycles. The molecule has 0 radical (unpaired) electrons. The largest absolute Gasteiger partial charge is 0.493 e. The Morgan fingerprint density at radius 1 is 1.21 bits per heavy atom. The molecule has 0 unspecified atom stereocenters. The second-order valence-corrected chi connectivity index (χ2v) is 5.89. The Morgan fingerprint density at radius 3 is 2.83 bits per heavy atom. The van der Waals surface area contributed by atoms with Gasteiger partial charge in [0.1, 0.15) is 18.8 Å². The maximum atomic E-state index is 5.68. The van der Waals surface area contributed by atoms with Gasteiger partial charge in [-0.05, 0) is 24.3 Å². The van der Waals surface area contributed by atoms with E-state index in [4.69, 9.17) is 9.47 Å². The number of methoxy groups -OCH3 is 1. The summed E-state index contributed by atoms with van der Waals surface area (Å²) in [6.45, 7) is 4.06. The van der Waals surface area contributed by atoms with Gasteiger partial charge in [0.05, 0.1) is 12.6 Å². The van der Waals surface area contributed by atoms with Gasteiger partial charge in [-0.1, -0.05) is 34.7 Å². The van der Waals surface area contributed by atoms with E-state index in [2.05, 4.69) is 37.8 Å². The zero-order valence-corrected chi connectivity index (χ0v) is 14.7. The molecule has 6 heteroatoms. The molecule has 0 saturated carbocycles. The summed E-state index contributed by atoms with van der Waals surface area (Å²) in [7, 11) is 1.60. The Bertz CT molecular complexity index is 883. The van der Waals surface area contributed by atoms with E-state index in [1.165, 1.54) is 6.33 Å². The van der Waals surface area contributed by atoms with Crippen molar-refractivity contribution in [3.8, 4) is 11.5 Å². The lowest BCUT2D eigenvalue weighted by atomic mass is 10.2. The molecule has 0 fully saturated rings. The number of benzene rings is 2. The lowest BCUT2D eigenvalue weighted by Gasteiger charge is -2.13. The number of anilines is 2. The zero-order valence-electron chi connectivity index (χ0n) is 13.1. The number of nitrogens with zero attached hydrogens (tertiary/aromatic N) is 2. The molecular weight excluding hydrogens is 370 g/mol. The van der Waals surface area contributed by atoms with Crippen LogP contribution in [0.1, 0.15) is 0 Å². The van der Waals surface area contributed by atoms with E-state index >= 15 is 0 Å². The lowest BCUT2D eigenvalue weighted by Crippen LogP contribution is -1.99. The summed E-state index contributed by atoms with van der Waals surface area (Å²) in [6, 6.07) is 11.6. The van der Waals surface area contributed by atoms with Crippen molar-refractivity contribution in [2.24, 2.45) is 0 Å². The van der Waals surface area contributed by atoms with Crippen molar-refractivity contribution in [2.45, 2.75) is 0 Å².